The molecular weight excluding hydrogens is 336 g/mol. The van der Waals surface area contributed by atoms with E-state index in [1.807, 2.05) is 19.1 Å². The molecule has 1 aromatic heterocycles. The molecule has 25 heavy (non-hydrogen) atoms. The summed E-state index contributed by atoms with van der Waals surface area (Å²) in [5.74, 6) is 0.764. The minimum Gasteiger partial charge on any atom is -0.372 e. The summed E-state index contributed by atoms with van der Waals surface area (Å²) in [6.07, 6.45) is 2.09. The Bertz CT molecular complexity index is 755. The summed E-state index contributed by atoms with van der Waals surface area (Å²) in [5, 5.41) is 3.21. The van der Waals surface area contributed by atoms with Crippen LogP contribution in [0.1, 0.15) is 27.2 Å². The average molecular weight is 362 g/mol. The summed E-state index contributed by atoms with van der Waals surface area (Å²) in [7, 11) is -3.29. The molecule has 0 aliphatic carbocycles. The highest BCUT2D eigenvalue weighted by Gasteiger charge is 2.09. The van der Waals surface area contributed by atoms with E-state index in [-0.39, 0.29) is 5.75 Å². The molecule has 7 heteroatoms. The van der Waals surface area contributed by atoms with Gasteiger partial charge in [0.15, 0.2) is 0 Å². The van der Waals surface area contributed by atoms with E-state index in [0.29, 0.717) is 17.9 Å². The minimum absolute atomic E-state index is 0.103. The molecule has 0 spiro atoms. The number of benzene rings is 1. The molecule has 0 saturated carbocycles. The molecule has 2 rings (SSSR count). The smallest absolute Gasteiger partial charge is 0.232 e. The van der Waals surface area contributed by atoms with Crippen molar-refractivity contribution in [3.63, 3.8) is 0 Å². The lowest BCUT2D eigenvalue weighted by Gasteiger charge is -2.21. The lowest BCUT2D eigenvalue weighted by molar-refractivity contribution is 0.600. The van der Waals surface area contributed by atoms with E-state index in [9.17, 15) is 8.42 Å². The number of pyridine rings is 1. The van der Waals surface area contributed by atoms with E-state index in [1.54, 1.807) is 12.1 Å². The van der Waals surface area contributed by atoms with Gasteiger partial charge in [0.2, 0.25) is 10.0 Å². The van der Waals surface area contributed by atoms with Crippen molar-refractivity contribution >= 4 is 32.9 Å². The van der Waals surface area contributed by atoms with Gasteiger partial charge >= 0.3 is 0 Å². The quantitative estimate of drug-likeness (QED) is 0.709. The third-order valence-corrected chi connectivity index (χ3v) is 5.27. The van der Waals surface area contributed by atoms with Crippen molar-refractivity contribution in [1.29, 1.82) is 0 Å². The predicted octanol–water partition coefficient (Wildman–Crippen LogP) is 3.82. The van der Waals surface area contributed by atoms with Gasteiger partial charge in [0.25, 0.3) is 0 Å². The summed E-state index contributed by atoms with van der Waals surface area (Å²) in [5.41, 5.74) is 2.59. The maximum Gasteiger partial charge on any atom is 0.232 e. The number of aromatic nitrogens is 1. The number of nitrogens with one attached hydrogen (secondary N) is 2. The van der Waals surface area contributed by atoms with Crippen LogP contribution in [0.3, 0.4) is 0 Å². The van der Waals surface area contributed by atoms with Crippen molar-refractivity contribution in [2.24, 2.45) is 0 Å². The Morgan fingerprint density at radius 3 is 2.12 bits per heavy atom. The normalized spacial score (nSPS) is 11.2. The van der Waals surface area contributed by atoms with Gasteiger partial charge in [-0.3, -0.25) is 4.72 Å². The van der Waals surface area contributed by atoms with Gasteiger partial charge < -0.3 is 10.2 Å². The van der Waals surface area contributed by atoms with Gasteiger partial charge in [-0.05, 0) is 56.7 Å². The van der Waals surface area contributed by atoms with Gasteiger partial charge in [-0.15, -0.1) is 0 Å². The SMILES string of the molecule is CCCS(=O)(=O)Nc1ccc(Nc2ccc(N(CC)CC)cc2)nc1. The van der Waals surface area contributed by atoms with Crippen LogP contribution in [0.2, 0.25) is 0 Å². The van der Waals surface area contributed by atoms with Crippen molar-refractivity contribution in [3.8, 4) is 0 Å². The largest absolute Gasteiger partial charge is 0.372 e. The van der Waals surface area contributed by atoms with Crippen LogP contribution in [0.4, 0.5) is 22.9 Å². The molecule has 0 atom stereocenters. The molecule has 0 aliphatic rings. The van der Waals surface area contributed by atoms with Crippen molar-refractivity contribution < 1.29 is 8.42 Å². The van der Waals surface area contributed by atoms with Crippen LogP contribution in [0.15, 0.2) is 42.6 Å². The van der Waals surface area contributed by atoms with Gasteiger partial charge in [-0.25, -0.2) is 13.4 Å². The summed E-state index contributed by atoms with van der Waals surface area (Å²) in [4.78, 5) is 6.54. The molecule has 0 bridgehead atoms. The molecular formula is C18H26N4O2S. The monoisotopic (exact) mass is 362 g/mol. The molecule has 1 heterocycles. The second kappa shape index (κ2) is 8.71. The number of hydrogen-bond acceptors (Lipinski definition) is 5. The third-order valence-electron chi connectivity index (χ3n) is 3.78. The molecule has 0 unspecified atom stereocenters. The van der Waals surface area contributed by atoms with E-state index >= 15 is 0 Å². The highest BCUT2D eigenvalue weighted by molar-refractivity contribution is 7.92. The Balaban J connectivity index is 2.01. The van der Waals surface area contributed by atoms with E-state index in [2.05, 4.69) is 45.9 Å². The van der Waals surface area contributed by atoms with Crippen LogP contribution >= 0.6 is 0 Å². The standard InChI is InChI=1S/C18H26N4O2S/c1-4-13-25(23,24)21-16-9-12-18(19-14-16)20-15-7-10-17(11-8-15)22(5-2)6-3/h7-12,14,21H,4-6,13H2,1-3H3,(H,19,20). The zero-order chi connectivity index (χ0) is 18.3. The first kappa shape index (κ1) is 19.1. The number of hydrogen-bond donors (Lipinski definition) is 2. The van der Waals surface area contributed by atoms with Gasteiger partial charge in [0.1, 0.15) is 5.82 Å². The molecule has 0 fully saturated rings. The molecule has 0 saturated heterocycles. The second-order valence-corrected chi connectivity index (χ2v) is 7.54. The first-order chi connectivity index (χ1) is 12.0. The van der Waals surface area contributed by atoms with E-state index in [0.717, 1.165) is 18.8 Å². The van der Waals surface area contributed by atoms with E-state index < -0.39 is 10.0 Å². The van der Waals surface area contributed by atoms with Gasteiger partial charge in [-0.1, -0.05) is 6.92 Å². The van der Waals surface area contributed by atoms with E-state index in [4.69, 9.17) is 0 Å². The zero-order valence-electron chi connectivity index (χ0n) is 15.0. The van der Waals surface area contributed by atoms with Gasteiger partial charge in [0, 0.05) is 24.5 Å². The van der Waals surface area contributed by atoms with Gasteiger partial charge in [-0.2, -0.15) is 0 Å². The van der Waals surface area contributed by atoms with Crippen LogP contribution in [0.5, 0.6) is 0 Å². The summed E-state index contributed by atoms with van der Waals surface area (Å²) in [6.45, 7) is 8.04. The lowest BCUT2D eigenvalue weighted by atomic mass is 10.2. The van der Waals surface area contributed by atoms with Crippen molar-refractivity contribution in [2.75, 3.05) is 33.8 Å². The summed E-state index contributed by atoms with van der Waals surface area (Å²) < 4.78 is 26.0. The molecule has 0 radical (unpaired) electrons. The third kappa shape index (κ3) is 5.63. The first-order valence-electron chi connectivity index (χ1n) is 8.56. The fourth-order valence-electron chi connectivity index (χ4n) is 2.52. The Morgan fingerprint density at radius 2 is 1.60 bits per heavy atom. The maximum absolute atomic E-state index is 11.8. The second-order valence-electron chi connectivity index (χ2n) is 5.70. The fraction of sp³-hybridized carbons (Fsp3) is 0.389. The number of rotatable bonds is 9. The lowest BCUT2D eigenvalue weighted by Crippen LogP contribution is -2.21. The molecule has 2 aromatic rings. The van der Waals surface area contributed by atoms with Crippen LogP contribution < -0.4 is 14.9 Å². The predicted molar refractivity (Wildman–Crippen MR) is 105 cm³/mol. The summed E-state index contributed by atoms with van der Waals surface area (Å²) >= 11 is 0. The molecule has 6 nitrogen and oxygen atoms in total. The number of nitrogens with zero attached hydrogens (tertiary/aromatic N) is 2. The van der Waals surface area contributed by atoms with Crippen LogP contribution in [-0.4, -0.2) is 32.2 Å². The summed E-state index contributed by atoms with van der Waals surface area (Å²) in [6, 6.07) is 11.6. The highest BCUT2D eigenvalue weighted by atomic mass is 32.2. The van der Waals surface area contributed by atoms with Crippen molar-refractivity contribution in [1.82, 2.24) is 4.98 Å². The van der Waals surface area contributed by atoms with Crippen LogP contribution in [-0.2, 0) is 10.0 Å². The highest BCUT2D eigenvalue weighted by Crippen LogP contribution is 2.21. The fourth-order valence-corrected chi connectivity index (χ4v) is 3.64. The number of sulfonamides is 1. The van der Waals surface area contributed by atoms with Crippen LogP contribution in [0.25, 0.3) is 0 Å². The van der Waals surface area contributed by atoms with Crippen molar-refractivity contribution in [2.45, 2.75) is 27.2 Å². The topological polar surface area (TPSA) is 74.3 Å². The van der Waals surface area contributed by atoms with Crippen molar-refractivity contribution in [3.05, 3.63) is 42.6 Å². The maximum atomic E-state index is 11.8. The Kier molecular flexibility index (Phi) is 6.64. The zero-order valence-corrected chi connectivity index (χ0v) is 15.8. The minimum atomic E-state index is -3.29. The molecule has 0 amide bonds. The van der Waals surface area contributed by atoms with Crippen LogP contribution in [0, 0.1) is 0 Å². The first-order valence-corrected chi connectivity index (χ1v) is 10.2. The van der Waals surface area contributed by atoms with Gasteiger partial charge in [0.05, 0.1) is 17.6 Å². The number of anilines is 4. The molecule has 1 aromatic carbocycles. The Labute approximate surface area is 150 Å². The molecule has 0 aliphatic heterocycles. The average Bonchev–Trinajstić information content (AvgIpc) is 2.59. The Hall–Kier alpha value is -2.28. The molecule has 2 N–H and O–H groups in total. The van der Waals surface area contributed by atoms with E-state index in [1.165, 1.54) is 11.9 Å². The Morgan fingerprint density at radius 1 is 0.960 bits per heavy atom. The molecule has 136 valence electrons.